The van der Waals surface area contributed by atoms with E-state index < -0.39 is 6.10 Å². The molecule has 1 aromatic rings. The Hall–Kier alpha value is -1.39. The topological polar surface area (TPSA) is 43.8 Å². The minimum atomic E-state index is -0.410. The van der Waals surface area contributed by atoms with Crippen LogP contribution in [0.2, 0.25) is 0 Å². The zero-order valence-electron chi connectivity index (χ0n) is 14.0. The third-order valence-corrected chi connectivity index (χ3v) is 5.51. The van der Waals surface area contributed by atoms with E-state index >= 15 is 0 Å². The monoisotopic (exact) mass is 316 g/mol. The molecule has 3 rings (SSSR count). The van der Waals surface area contributed by atoms with Gasteiger partial charge in [-0.15, -0.1) is 0 Å². The van der Waals surface area contributed by atoms with Gasteiger partial charge in [0.15, 0.2) is 0 Å². The van der Waals surface area contributed by atoms with E-state index in [9.17, 15) is 9.90 Å². The predicted molar refractivity (Wildman–Crippen MR) is 91.0 cm³/mol. The Morgan fingerprint density at radius 2 is 1.87 bits per heavy atom. The van der Waals surface area contributed by atoms with Crippen molar-refractivity contribution in [1.29, 1.82) is 0 Å². The second-order valence-corrected chi connectivity index (χ2v) is 7.04. The molecule has 126 valence electrons. The summed E-state index contributed by atoms with van der Waals surface area (Å²) < 4.78 is 0. The summed E-state index contributed by atoms with van der Waals surface area (Å²) >= 11 is 0. The number of hydrogen-bond acceptors (Lipinski definition) is 3. The van der Waals surface area contributed by atoms with Crippen LogP contribution in [0.4, 0.5) is 0 Å². The van der Waals surface area contributed by atoms with Crippen molar-refractivity contribution in [3.63, 3.8) is 0 Å². The van der Waals surface area contributed by atoms with Crippen LogP contribution >= 0.6 is 0 Å². The second kappa shape index (κ2) is 7.45. The van der Waals surface area contributed by atoms with Crippen LogP contribution in [0.1, 0.15) is 44.3 Å². The summed E-state index contributed by atoms with van der Waals surface area (Å²) in [5, 5.41) is 10.5. The molecule has 4 nitrogen and oxygen atoms in total. The van der Waals surface area contributed by atoms with Crippen molar-refractivity contribution in [3.05, 3.63) is 35.9 Å². The molecular weight excluding hydrogens is 288 g/mol. The zero-order chi connectivity index (χ0) is 16.2. The summed E-state index contributed by atoms with van der Waals surface area (Å²) in [6.45, 7) is 5.37. The van der Waals surface area contributed by atoms with Crippen LogP contribution in [0.25, 0.3) is 0 Å². The maximum atomic E-state index is 12.5. The molecule has 0 aliphatic carbocycles. The van der Waals surface area contributed by atoms with Crippen LogP contribution in [0.15, 0.2) is 30.3 Å². The fraction of sp³-hybridized carbons (Fsp3) is 0.632. The molecule has 0 aromatic heterocycles. The van der Waals surface area contributed by atoms with Crippen molar-refractivity contribution in [1.82, 2.24) is 9.80 Å². The number of aliphatic hydroxyl groups excluding tert-OH is 1. The molecule has 0 radical (unpaired) electrons. The summed E-state index contributed by atoms with van der Waals surface area (Å²) in [5.41, 5.74) is 0.989. The highest BCUT2D eigenvalue weighted by Crippen LogP contribution is 2.30. The van der Waals surface area contributed by atoms with E-state index in [2.05, 4.69) is 11.8 Å². The molecule has 1 amide bonds. The number of rotatable bonds is 4. The minimum Gasteiger partial charge on any atom is -0.388 e. The highest BCUT2D eigenvalue weighted by Gasteiger charge is 2.30. The standard InChI is InChI=1S/C19H28N2O2/c1-15-6-5-11-21(15)14-18(22)20-12-9-17(10-13-20)19(23)16-7-3-2-4-8-16/h2-4,7-8,15,17,19,23H,5-6,9-14H2,1H3. The summed E-state index contributed by atoms with van der Waals surface area (Å²) in [5.74, 6) is 0.513. The van der Waals surface area contributed by atoms with Crippen LogP contribution < -0.4 is 0 Å². The van der Waals surface area contributed by atoms with E-state index in [1.807, 2.05) is 35.2 Å². The molecule has 2 heterocycles. The number of aliphatic hydroxyl groups is 1. The van der Waals surface area contributed by atoms with E-state index in [0.717, 1.165) is 38.0 Å². The van der Waals surface area contributed by atoms with Crippen molar-refractivity contribution in [2.75, 3.05) is 26.2 Å². The van der Waals surface area contributed by atoms with Crippen molar-refractivity contribution < 1.29 is 9.90 Å². The third-order valence-electron chi connectivity index (χ3n) is 5.51. The average molecular weight is 316 g/mol. The lowest BCUT2D eigenvalue weighted by Gasteiger charge is -2.35. The summed E-state index contributed by atoms with van der Waals surface area (Å²) in [6.07, 6.45) is 3.78. The fourth-order valence-corrected chi connectivity index (χ4v) is 3.89. The van der Waals surface area contributed by atoms with E-state index in [1.54, 1.807) is 0 Å². The molecule has 2 aliphatic rings. The maximum Gasteiger partial charge on any atom is 0.236 e. The molecule has 0 spiro atoms. The first-order valence-electron chi connectivity index (χ1n) is 8.90. The molecule has 23 heavy (non-hydrogen) atoms. The SMILES string of the molecule is CC1CCCN1CC(=O)N1CCC(C(O)c2ccccc2)CC1. The Kier molecular flexibility index (Phi) is 5.34. The lowest BCUT2D eigenvalue weighted by atomic mass is 9.87. The Morgan fingerprint density at radius 1 is 1.17 bits per heavy atom. The van der Waals surface area contributed by atoms with Crippen molar-refractivity contribution >= 4 is 5.91 Å². The van der Waals surface area contributed by atoms with Gasteiger partial charge in [-0.1, -0.05) is 30.3 Å². The van der Waals surface area contributed by atoms with Crippen LogP contribution in [-0.2, 0) is 4.79 Å². The second-order valence-electron chi connectivity index (χ2n) is 7.04. The number of carbonyl (C=O) groups is 1. The molecule has 1 N–H and O–H groups in total. The van der Waals surface area contributed by atoms with Gasteiger partial charge in [-0.2, -0.15) is 0 Å². The molecule has 2 fully saturated rings. The number of carbonyl (C=O) groups excluding carboxylic acids is 1. The Bertz CT molecular complexity index is 511. The van der Waals surface area contributed by atoms with Gasteiger partial charge in [0.2, 0.25) is 5.91 Å². The fourth-order valence-electron chi connectivity index (χ4n) is 3.89. The summed E-state index contributed by atoms with van der Waals surface area (Å²) in [6, 6.07) is 10.4. The smallest absolute Gasteiger partial charge is 0.236 e. The maximum absolute atomic E-state index is 12.5. The van der Waals surface area contributed by atoms with Crippen LogP contribution in [0.5, 0.6) is 0 Å². The third kappa shape index (κ3) is 3.93. The number of nitrogens with zero attached hydrogens (tertiary/aromatic N) is 2. The van der Waals surface area contributed by atoms with Crippen LogP contribution in [0, 0.1) is 5.92 Å². The van der Waals surface area contributed by atoms with Crippen molar-refractivity contribution in [2.45, 2.75) is 44.8 Å². The van der Waals surface area contributed by atoms with E-state index in [0.29, 0.717) is 12.6 Å². The van der Waals surface area contributed by atoms with Gasteiger partial charge in [-0.25, -0.2) is 0 Å². The first-order valence-corrected chi connectivity index (χ1v) is 8.90. The van der Waals surface area contributed by atoms with Crippen LogP contribution in [-0.4, -0.2) is 53.0 Å². The lowest BCUT2D eigenvalue weighted by molar-refractivity contribution is -0.134. The lowest BCUT2D eigenvalue weighted by Crippen LogP contribution is -2.45. The van der Waals surface area contributed by atoms with Gasteiger partial charge in [-0.3, -0.25) is 9.69 Å². The highest BCUT2D eigenvalue weighted by molar-refractivity contribution is 5.78. The van der Waals surface area contributed by atoms with Crippen molar-refractivity contribution in [2.24, 2.45) is 5.92 Å². The Balaban J connectivity index is 1.49. The number of benzene rings is 1. The number of amides is 1. The summed E-state index contributed by atoms with van der Waals surface area (Å²) in [4.78, 5) is 16.8. The molecule has 0 bridgehead atoms. The normalized spacial score (nSPS) is 24.8. The number of piperidine rings is 1. The van der Waals surface area contributed by atoms with E-state index in [1.165, 1.54) is 12.8 Å². The largest absolute Gasteiger partial charge is 0.388 e. The molecule has 0 saturated carbocycles. The number of hydrogen-bond donors (Lipinski definition) is 1. The predicted octanol–water partition coefficient (Wildman–Crippen LogP) is 2.44. The van der Waals surface area contributed by atoms with Gasteiger partial charge in [0, 0.05) is 19.1 Å². The zero-order valence-corrected chi connectivity index (χ0v) is 14.0. The summed E-state index contributed by atoms with van der Waals surface area (Å²) in [7, 11) is 0. The molecule has 2 unspecified atom stereocenters. The van der Waals surface area contributed by atoms with Gasteiger partial charge in [0.05, 0.1) is 12.6 Å². The Labute approximate surface area is 139 Å². The molecule has 2 atom stereocenters. The van der Waals surface area contributed by atoms with E-state index in [4.69, 9.17) is 0 Å². The van der Waals surface area contributed by atoms with Gasteiger partial charge >= 0.3 is 0 Å². The highest BCUT2D eigenvalue weighted by atomic mass is 16.3. The van der Waals surface area contributed by atoms with Gasteiger partial charge in [0.25, 0.3) is 0 Å². The molecule has 4 heteroatoms. The molecular formula is C19H28N2O2. The average Bonchev–Trinajstić information content (AvgIpc) is 3.00. The number of likely N-dealkylation sites (tertiary alicyclic amines) is 2. The molecule has 1 aromatic carbocycles. The first kappa shape index (κ1) is 16.5. The van der Waals surface area contributed by atoms with E-state index in [-0.39, 0.29) is 11.8 Å². The first-order chi connectivity index (χ1) is 11.1. The van der Waals surface area contributed by atoms with Gasteiger partial charge in [0.1, 0.15) is 0 Å². The molecule has 2 saturated heterocycles. The minimum absolute atomic E-state index is 0.256. The quantitative estimate of drug-likeness (QED) is 0.928. The molecule has 2 aliphatic heterocycles. The van der Waals surface area contributed by atoms with Gasteiger partial charge in [-0.05, 0) is 50.6 Å². The Morgan fingerprint density at radius 3 is 2.48 bits per heavy atom. The van der Waals surface area contributed by atoms with Crippen LogP contribution in [0.3, 0.4) is 0 Å². The van der Waals surface area contributed by atoms with Crippen molar-refractivity contribution in [3.8, 4) is 0 Å². The van der Waals surface area contributed by atoms with Gasteiger partial charge < -0.3 is 10.0 Å².